The third-order valence-electron chi connectivity index (χ3n) is 5.90. The summed E-state index contributed by atoms with van der Waals surface area (Å²) < 4.78 is 2.19. The Bertz CT molecular complexity index is 597. The molecule has 3 aliphatic carbocycles. The summed E-state index contributed by atoms with van der Waals surface area (Å²) in [5.41, 5.74) is 0. The van der Waals surface area contributed by atoms with Gasteiger partial charge in [-0.3, -0.25) is 4.79 Å². The van der Waals surface area contributed by atoms with Gasteiger partial charge in [0.2, 0.25) is 5.91 Å². The molecule has 1 aromatic heterocycles. The molecule has 2 bridgehead atoms. The maximum Gasteiger partial charge on any atom is 0.230 e. The van der Waals surface area contributed by atoms with Crippen LogP contribution >= 0.6 is 11.8 Å². The molecule has 126 valence electrons. The van der Waals surface area contributed by atoms with Gasteiger partial charge in [-0.15, -0.1) is 10.2 Å². The fourth-order valence-corrected chi connectivity index (χ4v) is 5.50. The van der Waals surface area contributed by atoms with Gasteiger partial charge in [-0.25, -0.2) is 0 Å². The molecule has 3 saturated carbocycles. The number of nitrogens with one attached hydrogen (secondary N) is 1. The van der Waals surface area contributed by atoms with Crippen LogP contribution in [0.4, 0.5) is 0 Å². The SMILES string of the molecule is Cc1nnc(SCC(=O)N[C@@H](C)[C@@H]2C[C@H]3CC[C@H]2C3)n1C1CC1. The Morgan fingerprint density at radius 3 is 2.78 bits per heavy atom. The molecular weight excluding hydrogens is 308 g/mol. The summed E-state index contributed by atoms with van der Waals surface area (Å²) in [6.45, 7) is 4.18. The van der Waals surface area contributed by atoms with Gasteiger partial charge in [0.05, 0.1) is 5.75 Å². The molecule has 1 heterocycles. The van der Waals surface area contributed by atoms with Gasteiger partial charge < -0.3 is 9.88 Å². The lowest BCUT2D eigenvalue weighted by Gasteiger charge is -2.28. The van der Waals surface area contributed by atoms with Crippen LogP contribution in [0.5, 0.6) is 0 Å². The lowest BCUT2D eigenvalue weighted by molar-refractivity contribution is -0.119. The first-order chi connectivity index (χ1) is 11.1. The molecule has 1 amide bonds. The molecule has 0 aliphatic heterocycles. The molecule has 3 aliphatic rings. The highest BCUT2D eigenvalue weighted by Crippen LogP contribution is 2.49. The van der Waals surface area contributed by atoms with Gasteiger partial charge in [0.25, 0.3) is 0 Å². The number of nitrogens with zero attached hydrogens (tertiary/aromatic N) is 3. The van der Waals surface area contributed by atoms with E-state index in [4.69, 9.17) is 0 Å². The molecule has 23 heavy (non-hydrogen) atoms. The van der Waals surface area contributed by atoms with Crippen molar-refractivity contribution in [3.05, 3.63) is 5.82 Å². The average molecular weight is 334 g/mol. The first-order valence-corrected chi connectivity index (χ1v) is 9.94. The summed E-state index contributed by atoms with van der Waals surface area (Å²) in [7, 11) is 0. The molecule has 4 atom stereocenters. The van der Waals surface area contributed by atoms with E-state index in [-0.39, 0.29) is 5.91 Å². The largest absolute Gasteiger partial charge is 0.353 e. The molecule has 0 unspecified atom stereocenters. The van der Waals surface area contributed by atoms with Crippen LogP contribution in [0.1, 0.15) is 57.3 Å². The molecule has 0 saturated heterocycles. The predicted octanol–water partition coefficient (Wildman–Crippen LogP) is 2.95. The number of carbonyl (C=O) groups excluding carboxylic acids is 1. The lowest BCUT2D eigenvalue weighted by atomic mass is 9.84. The molecule has 0 spiro atoms. The summed E-state index contributed by atoms with van der Waals surface area (Å²) in [4.78, 5) is 12.3. The quantitative estimate of drug-likeness (QED) is 0.813. The van der Waals surface area contributed by atoms with Gasteiger partial charge in [-0.05, 0) is 63.7 Å². The van der Waals surface area contributed by atoms with Crippen molar-refractivity contribution in [3.63, 3.8) is 0 Å². The number of aromatic nitrogens is 3. The highest BCUT2D eigenvalue weighted by Gasteiger charge is 2.42. The molecule has 1 N–H and O–H groups in total. The van der Waals surface area contributed by atoms with Gasteiger partial charge in [-0.2, -0.15) is 0 Å². The summed E-state index contributed by atoms with van der Waals surface area (Å²) in [6.07, 6.45) is 7.90. The van der Waals surface area contributed by atoms with Gasteiger partial charge in [-0.1, -0.05) is 18.2 Å². The number of aryl methyl sites for hydroxylation is 1. The Morgan fingerprint density at radius 1 is 1.30 bits per heavy atom. The fraction of sp³-hybridized carbons (Fsp3) is 0.824. The van der Waals surface area contributed by atoms with Crippen molar-refractivity contribution < 1.29 is 4.79 Å². The molecule has 0 aromatic carbocycles. The highest BCUT2D eigenvalue weighted by molar-refractivity contribution is 7.99. The second kappa shape index (κ2) is 6.11. The first kappa shape index (κ1) is 15.5. The smallest absolute Gasteiger partial charge is 0.230 e. The van der Waals surface area contributed by atoms with E-state index in [2.05, 4.69) is 27.0 Å². The Kier molecular flexibility index (Phi) is 4.12. The number of hydrogen-bond donors (Lipinski definition) is 1. The minimum absolute atomic E-state index is 0.133. The second-order valence-corrected chi connectivity index (χ2v) is 8.56. The molecule has 3 fully saturated rings. The molecule has 6 heteroatoms. The molecule has 5 nitrogen and oxygen atoms in total. The van der Waals surface area contributed by atoms with Crippen LogP contribution in [0.3, 0.4) is 0 Å². The normalized spacial score (nSPS) is 30.6. The van der Waals surface area contributed by atoms with Crippen LogP contribution in [-0.4, -0.2) is 32.5 Å². The van der Waals surface area contributed by atoms with Crippen molar-refractivity contribution in [1.29, 1.82) is 0 Å². The zero-order valence-corrected chi connectivity index (χ0v) is 14.8. The predicted molar refractivity (Wildman–Crippen MR) is 90.3 cm³/mol. The van der Waals surface area contributed by atoms with Crippen molar-refractivity contribution >= 4 is 17.7 Å². The third kappa shape index (κ3) is 3.14. The monoisotopic (exact) mass is 334 g/mol. The summed E-state index contributed by atoms with van der Waals surface area (Å²) in [6, 6.07) is 0.866. The minimum Gasteiger partial charge on any atom is -0.353 e. The van der Waals surface area contributed by atoms with E-state index >= 15 is 0 Å². The Labute approximate surface area is 142 Å². The molecule has 0 radical (unpaired) electrons. The van der Waals surface area contributed by atoms with E-state index in [9.17, 15) is 4.79 Å². The van der Waals surface area contributed by atoms with E-state index in [0.29, 0.717) is 23.8 Å². The van der Waals surface area contributed by atoms with Crippen LogP contribution in [0.2, 0.25) is 0 Å². The number of rotatable bonds is 6. The number of thioether (sulfide) groups is 1. The molecule has 4 rings (SSSR count). The van der Waals surface area contributed by atoms with Gasteiger partial charge >= 0.3 is 0 Å². The van der Waals surface area contributed by atoms with Crippen LogP contribution < -0.4 is 5.32 Å². The average Bonchev–Trinajstić information content (AvgIpc) is 2.96. The number of amides is 1. The maximum atomic E-state index is 12.3. The summed E-state index contributed by atoms with van der Waals surface area (Å²) in [5, 5.41) is 12.5. The van der Waals surface area contributed by atoms with E-state index in [1.807, 2.05) is 6.92 Å². The van der Waals surface area contributed by atoms with E-state index in [1.165, 1.54) is 50.3 Å². The van der Waals surface area contributed by atoms with Crippen molar-refractivity contribution in [2.75, 3.05) is 5.75 Å². The van der Waals surface area contributed by atoms with Gasteiger partial charge in [0.1, 0.15) is 5.82 Å². The van der Waals surface area contributed by atoms with Crippen molar-refractivity contribution in [2.45, 2.75) is 69.6 Å². The minimum atomic E-state index is 0.133. The van der Waals surface area contributed by atoms with Crippen molar-refractivity contribution in [3.8, 4) is 0 Å². The zero-order valence-electron chi connectivity index (χ0n) is 14.0. The summed E-state index contributed by atoms with van der Waals surface area (Å²) in [5.74, 6) is 4.01. The molecule has 1 aromatic rings. The van der Waals surface area contributed by atoms with Gasteiger partial charge in [0, 0.05) is 12.1 Å². The standard InChI is InChI=1S/C17H26N4OS/c1-10(15-8-12-3-4-13(15)7-12)18-16(22)9-23-17-20-19-11(2)21(17)14-5-6-14/h10,12-15H,3-9H2,1-2H3,(H,18,22)/t10-,12-,13-,15-/m0/s1. The van der Waals surface area contributed by atoms with Crippen LogP contribution in [0.15, 0.2) is 5.16 Å². The summed E-state index contributed by atoms with van der Waals surface area (Å²) >= 11 is 1.52. The maximum absolute atomic E-state index is 12.3. The van der Waals surface area contributed by atoms with Crippen LogP contribution in [0, 0.1) is 24.7 Å². The number of carbonyl (C=O) groups is 1. The second-order valence-electron chi connectivity index (χ2n) is 7.61. The van der Waals surface area contributed by atoms with Crippen molar-refractivity contribution in [2.24, 2.45) is 17.8 Å². The fourth-order valence-electron chi connectivity index (χ4n) is 4.64. The van der Waals surface area contributed by atoms with Crippen LogP contribution in [-0.2, 0) is 4.79 Å². The number of fused-ring (bicyclic) bond motifs is 2. The molecular formula is C17H26N4OS. The van der Waals surface area contributed by atoms with Gasteiger partial charge in [0.15, 0.2) is 5.16 Å². The zero-order chi connectivity index (χ0) is 16.0. The van der Waals surface area contributed by atoms with Crippen molar-refractivity contribution in [1.82, 2.24) is 20.1 Å². The van der Waals surface area contributed by atoms with Crippen LogP contribution in [0.25, 0.3) is 0 Å². The Balaban J connectivity index is 1.29. The first-order valence-electron chi connectivity index (χ1n) is 8.95. The number of hydrogen-bond acceptors (Lipinski definition) is 4. The Hall–Kier alpha value is -1.04. The topological polar surface area (TPSA) is 59.8 Å². The van der Waals surface area contributed by atoms with E-state index < -0.39 is 0 Å². The lowest BCUT2D eigenvalue weighted by Crippen LogP contribution is -2.40. The van der Waals surface area contributed by atoms with E-state index in [0.717, 1.165) is 22.8 Å². The highest BCUT2D eigenvalue weighted by atomic mass is 32.2. The van der Waals surface area contributed by atoms with E-state index in [1.54, 1.807) is 0 Å². The Morgan fingerprint density at radius 2 is 2.13 bits per heavy atom. The third-order valence-corrected chi connectivity index (χ3v) is 6.85.